The van der Waals surface area contributed by atoms with Crippen LogP contribution in [0.2, 0.25) is 0 Å². The third-order valence-corrected chi connectivity index (χ3v) is 6.08. The Morgan fingerprint density at radius 3 is 2.72 bits per heavy atom. The Morgan fingerprint density at radius 1 is 1.17 bits per heavy atom. The minimum absolute atomic E-state index is 0.216. The molecule has 154 valence electrons. The maximum absolute atomic E-state index is 12.2. The normalized spacial score (nSPS) is 16.5. The van der Waals surface area contributed by atoms with Gasteiger partial charge in [0.05, 0.1) is 0 Å². The Morgan fingerprint density at radius 2 is 1.97 bits per heavy atom. The molecule has 0 spiro atoms. The van der Waals surface area contributed by atoms with Gasteiger partial charge in [-0.1, -0.05) is 42.5 Å². The molecular weight excluding hydrogens is 390 g/mol. The summed E-state index contributed by atoms with van der Waals surface area (Å²) in [5, 5.41) is 10.0. The largest absolute Gasteiger partial charge is 0.482 e. The highest BCUT2D eigenvalue weighted by atomic mass is 32.2. The van der Waals surface area contributed by atoms with Crippen molar-refractivity contribution in [1.29, 1.82) is 0 Å². The minimum Gasteiger partial charge on any atom is -0.482 e. The average molecular weight is 416 g/mol. The highest BCUT2D eigenvalue weighted by molar-refractivity contribution is 7.92. The summed E-state index contributed by atoms with van der Waals surface area (Å²) >= 11 is 0. The van der Waals surface area contributed by atoms with E-state index in [-0.39, 0.29) is 12.5 Å². The summed E-state index contributed by atoms with van der Waals surface area (Å²) in [6.45, 7) is -0.0273. The van der Waals surface area contributed by atoms with Crippen LogP contribution in [0.15, 0.2) is 53.9 Å². The van der Waals surface area contributed by atoms with E-state index in [9.17, 15) is 13.2 Å². The number of rotatable bonds is 9. The molecule has 1 aliphatic carbocycles. The SMILES string of the molecule is O=C(O)COc1cccc2c1CCC[C@H]2CCNS(=O)(=O)C=Cc1ccccc1. The number of hydrogen-bond donors (Lipinski definition) is 2. The van der Waals surface area contributed by atoms with Crippen LogP contribution in [0, 0.1) is 0 Å². The van der Waals surface area contributed by atoms with Crippen LogP contribution in [0.25, 0.3) is 6.08 Å². The van der Waals surface area contributed by atoms with Gasteiger partial charge < -0.3 is 9.84 Å². The van der Waals surface area contributed by atoms with Gasteiger partial charge in [-0.15, -0.1) is 0 Å². The molecular formula is C22H25NO5S. The molecule has 6 nitrogen and oxygen atoms in total. The molecule has 2 aromatic carbocycles. The summed E-state index contributed by atoms with van der Waals surface area (Å²) in [5.74, 6) is -0.179. The molecule has 0 unspecified atom stereocenters. The van der Waals surface area contributed by atoms with Gasteiger partial charge >= 0.3 is 5.97 Å². The van der Waals surface area contributed by atoms with Crippen molar-refractivity contribution in [1.82, 2.24) is 4.72 Å². The van der Waals surface area contributed by atoms with Gasteiger partial charge in [0.25, 0.3) is 0 Å². The van der Waals surface area contributed by atoms with Crippen LogP contribution < -0.4 is 9.46 Å². The van der Waals surface area contributed by atoms with Crippen LogP contribution in [-0.4, -0.2) is 32.6 Å². The molecule has 0 bridgehead atoms. The van der Waals surface area contributed by atoms with Crippen molar-refractivity contribution in [3.8, 4) is 5.75 Å². The van der Waals surface area contributed by atoms with Gasteiger partial charge in [-0.25, -0.2) is 17.9 Å². The maximum Gasteiger partial charge on any atom is 0.341 e. The van der Waals surface area contributed by atoms with Crippen molar-refractivity contribution < 1.29 is 23.1 Å². The maximum atomic E-state index is 12.2. The zero-order chi connectivity index (χ0) is 20.7. The van der Waals surface area contributed by atoms with Crippen LogP contribution in [0.5, 0.6) is 5.75 Å². The zero-order valence-corrected chi connectivity index (χ0v) is 16.9. The van der Waals surface area contributed by atoms with Crippen molar-refractivity contribution in [3.05, 3.63) is 70.6 Å². The first-order valence-corrected chi connectivity index (χ1v) is 11.2. The average Bonchev–Trinajstić information content (AvgIpc) is 2.71. The van der Waals surface area contributed by atoms with E-state index < -0.39 is 16.0 Å². The van der Waals surface area contributed by atoms with E-state index in [0.717, 1.165) is 36.0 Å². The van der Waals surface area contributed by atoms with Crippen LogP contribution in [0.1, 0.15) is 41.9 Å². The lowest BCUT2D eigenvalue weighted by Crippen LogP contribution is -2.24. The summed E-state index contributed by atoms with van der Waals surface area (Å²) in [6, 6.07) is 15.0. The standard InChI is InChI=1S/C22H25NO5S/c24-22(25)16-28-21-11-5-9-19-18(8-4-10-20(19)21)12-14-23-29(26,27)15-13-17-6-2-1-3-7-17/h1-3,5-7,9,11,13,15,18,23H,4,8,10,12,14,16H2,(H,24,25)/t18-/m0/s1. The first-order chi connectivity index (χ1) is 13.9. The Hall–Kier alpha value is -2.64. The summed E-state index contributed by atoms with van der Waals surface area (Å²) in [5.41, 5.74) is 2.99. The monoisotopic (exact) mass is 415 g/mol. The zero-order valence-electron chi connectivity index (χ0n) is 16.1. The Balaban J connectivity index is 1.60. The predicted molar refractivity (Wildman–Crippen MR) is 112 cm³/mol. The molecule has 0 radical (unpaired) electrons. The van der Waals surface area contributed by atoms with Gasteiger partial charge in [0, 0.05) is 12.0 Å². The molecule has 2 aromatic rings. The minimum atomic E-state index is -3.50. The van der Waals surface area contributed by atoms with Crippen LogP contribution in [0.4, 0.5) is 0 Å². The second kappa shape index (κ2) is 9.71. The number of carbonyl (C=O) groups is 1. The lowest BCUT2D eigenvalue weighted by atomic mass is 9.81. The molecule has 0 aromatic heterocycles. The van der Waals surface area contributed by atoms with Gasteiger partial charge in [0.2, 0.25) is 10.0 Å². The highest BCUT2D eigenvalue weighted by Gasteiger charge is 2.23. The smallest absolute Gasteiger partial charge is 0.341 e. The highest BCUT2D eigenvalue weighted by Crippen LogP contribution is 2.38. The molecule has 2 N–H and O–H groups in total. The van der Waals surface area contributed by atoms with Gasteiger partial charge in [0.1, 0.15) is 5.75 Å². The van der Waals surface area contributed by atoms with E-state index in [0.29, 0.717) is 18.7 Å². The van der Waals surface area contributed by atoms with Crippen molar-refractivity contribution in [2.75, 3.05) is 13.2 Å². The summed E-state index contributed by atoms with van der Waals surface area (Å²) < 4.78 is 32.5. The van der Waals surface area contributed by atoms with Crippen molar-refractivity contribution in [3.63, 3.8) is 0 Å². The first-order valence-electron chi connectivity index (χ1n) is 9.64. The number of aliphatic carboxylic acids is 1. The number of benzene rings is 2. The molecule has 7 heteroatoms. The molecule has 0 aliphatic heterocycles. The van der Waals surface area contributed by atoms with Gasteiger partial charge in [-0.3, -0.25) is 0 Å². The van der Waals surface area contributed by atoms with Gasteiger partial charge in [0.15, 0.2) is 6.61 Å². The van der Waals surface area contributed by atoms with E-state index >= 15 is 0 Å². The van der Waals surface area contributed by atoms with E-state index in [1.807, 2.05) is 42.5 Å². The van der Waals surface area contributed by atoms with Gasteiger partial charge in [-0.2, -0.15) is 0 Å². The third-order valence-electron chi connectivity index (χ3n) is 4.97. The van der Waals surface area contributed by atoms with Crippen LogP contribution >= 0.6 is 0 Å². The molecule has 0 fully saturated rings. The van der Waals surface area contributed by atoms with Crippen molar-refractivity contribution in [2.24, 2.45) is 0 Å². The van der Waals surface area contributed by atoms with Crippen molar-refractivity contribution in [2.45, 2.75) is 31.6 Å². The molecule has 0 saturated carbocycles. The number of carboxylic acid groups (broad SMARTS) is 1. The lowest BCUT2D eigenvalue weighted by Gasteiger charge is -2.27. The molecule has 0 saturated heterocycles. The Kier molecular flexibility index (Phi) is 7.06. The first kappa shape index (κ1) is 21.1. The molecule has 0 heterocycles. The van der Waals surface area contributed by atoms with E-state index in [2.05, 4.69) is 4.72 Å². The molecule has 1 atom stereocenters. The molecule has 1 aliphatic rings. The quantitative estimate of drug-likeness (QED) is 0.653. The molecule has 3 rings (SSSR count). The Labute approximate surface area is 171 Å². The van der Waals surface area contributed by atoms with E-state index in [1.54, 1.807) is 12.1 Å². The third kappa shape index (κ3) is 6.17. The number of fused-ring (bicyclic) bond motifs is 1. The molecule has 29 heavy (non-hydrogen) atoms. The Bertz CT molecular complexity index is 970. The topological polar surface area (TPSA) is 92.7 Å². The fraction of sp³-hybridized carbons (Fsp3) is 0.318. The summed E-state index contributed by atoms with van der Waals surface area (Å²) in [7, 11) is -3.50. The van der Waals surface area contributed by atoms with E-state index in [1.165, 1.54) is 5.41 Å². The fourth-order valence-corrected chi connectivity index (χ4v) is 4.48. The van der Waals surface area contributed by atoms with Crippen LogP contribution in [-0.2, 0) is 21.2 Å². The second-order valence-corrected chi connectivity index (χ2v) is 8.69. The summed E-state index contributed by atoms with van der Waals surface area (Å²) in [6.07, 6.45) is 5.02. The summed E-state index contributed by atoms with van der Waals surface area (Å²) in [4.78, 5) is 10.8. The van der Waals surface area contributed by atoms with Crippen molar-refractivity contribution >= 4 is 22.1 Å². The number of sulfonamides is 1. The lowest BCUT2D eigenvalue weighted by molar-refractivity contribution is -0.139. The number of carboxylic acids is 1. The fourth-order valence-electron chi connectivity index (χ4n) is 3.64. The molecule has 0 amide bonds. The number of nitrogens with one attached hydrogen (secondary N) is 1. The second-order valence-electron chi connectivity index (χ2n) is 7.04. The predicted octanol–water partition coefficient (Wildman–Crippen LogP) is 3.55. The van der Waals surface area contributed by atoms with E-state index in [4.69, 9.17) is 9.84 Å². The van der Waals surface area contributed by atoms with Gasteiger partial charge in [-0.05, 0) is 60.4 Å². The number of hydrogen-bond acceptors (Lipinski definition) is 4. The number of ether oxygens (including phenoxy) is 1. The van der Waals surface area contributed by atoms with Crippen LogP contribution in [0.3, 0.4) is 0 Å².